The van der Waals surface area contributed by atoms with Crippen molar-refractivity contribution in [3.63, 3.8) is 0 Å². The molecule has 336 valence electrons. The zero-order valence-corrected chi connectivity index (χ0v) is 36.5. The number of H-pyrrole nitrogens is 1. The van der Waals surface area contributed by atoms with Crippen molar-refractivity contribution in [2.45, 2.75) is 44.6 Å². The highest BCUT2D eigenvalue weighted by molar-refractivity contribution is 7.90. The average Bonchev–Trinajstić information content (AvgIpc) is 3.73. The molecule has 0 aliphatic carbocycles. The van der Waals surface area contributed by atoms with Crippen molar-refractivity contribution in [3.8, 4) is 11.1 Å². The lowest BCUT2D eigenvalue weighted by molar-refractivity contribution is -0.134. The van der Waals surface area contributed by atoms with E-state index < -0.39 is 38.9 Å². The SMILES string of the molecule is CCN(C)S(=O)(=O)Nc1ccc(F)c(C(=O)c2c[nH]c3ncc(-c4cnc(N5CCN(C(=O)CN6CCC(c7ccc(N(C)C8CCC(=O)NC8=O)cc7)CC6)CC5)nc4)cc23)c1F. The fourth-order valence-electron chi connectivity index (χ4n) is 8.43. The van der Waals surface area contributed by atoms with E-state index in [4.69, 9.17) is 0 Å². The van der Waals surface area contributed by atoms with Gasteiger partial charge < -0.3 is 19.7 Å². The molecule has 3 aliphatic heterocycles. The number of fused-ring (bicyclic) bond motifs is 1. The Morgan fingerprint density at radius 1 is 0.891 bits per heavy atom. The normalized spacial score (nSPS) is 17.8. The number of nitrogens with one attached hydrogen (secondary N) is 3. The quantitative estimate of drug-likeness (QED) is 0.114. The number of piperidine rings is 2. The van der Waals surface area contributed by atoms with Crippen molar-refractivity contribution in [2.24, 2.45) is 0 Å². The molecule has 1 unspecified atom stereocenters. The number of carbonyl (C=O) groups excluding carboxylic acids is 4. The second-order valence-electron chi connectivity index (χ2n) is 16.3. The van der Waals surface area contributed by atoms with Crippen LogP contribution in [0, 0.1) is 11.6 Å². The summed E-state index contributed by atoms with van der Waals surface area (Å²) in [5.41, 5.74) is 2.03. The highest BCUT2D eigenvalue weighted by atomic mass is 32.2. The number of likely N-dealkylation sites (tertiary alicyclic amines) is 1. The maximum Gasteiger partial charge on any atom is 0.301 e. The van der Waals surface area contributed by atoms with Gasteiger partial charge in [-0.1, -0.05) is 19.1 Å². The number of imide groups is 1. The minimum atomic E-state index is -4.15. The van der Waals surface area contributed by atoms with Gasteiger partial charge in [0.1, 0.15) is 17.5 Å². The highest BCUT2D eigenvalue weighted by Crippen LogP contribution is 2.32. The third-order valence-electron chi connectivity index (χ3n) is 12.5. The Hall–Kier alpha value is -6.38. The highest BCUT2D eigenvalue weighted by Gasteiger charge is 2.32. The molecule has 0 saturated carbocycles. The molecule has 0 spiro atoms. The van der Waals surface area contributed by atoms with Crippen LogP contribution in [0.15, 0.2) is 67.3 Å². The van der Waals surface area contributed by atoms with Crippen molar-refractivity contribution in [2.75, 3.05) is 81.0 Å². The molecule has 2 aromatic carbocycles. The molecule has 3 N–H and O–H groups in total. The number of ketones is 1. The van der Waals surface area contributed by atoms with Gasteiger partial charge in [0.15, 0.2) is 5.82 Å². The monoisotopic (exact) mass is 897 g/mol. The zero-order chi connectivity index (χ0) is 45.3. The second-order valence-corrected chi connectivity index (χ2v) is 18.1. The molecule has 1 atom stereocenters. The number of nitrogens with zero attached hydrogens (tertiary/aromatic N) is 8. The number of rotatable bonds is 13. The number of hydrogen-bond donors (Lipinski definition) is 3. The Morgan fingerprint density at radius 3 is 2.25 bits per heavy atom. The van der Waals surface area contributed by atoms with Crippen LogP contribution >= 0.6 is 0 Å². The lowest BCUT2D eigenvalue weighted by atomic mass is 9.89. The summed E-state index contributed by atoms with van der Waals surface area (Å²) in [7, 11) is -0.986. The molecular weight excluding hydrogens is 849 g/mol. The predicted molar refractivity (Wildman–Crippen MR) is 236 cm³/mol. The molecule has 3 fully saturated rings. The van der Waals surface area contributed by atoms with Crippen LogP contribution < -0.4 is 19.8 Å². The fourth-order valence-corrected chi connectivity index (χ4v) is 9.36. The van der Waals surface area contributed by atoms with E-state index in [1.807, 2.05) is 33.9 Å². The Labute approximate surface area is 369 Å². The lowest BCUT2D eigenvalue weighted by Crippen LogP contribution is -2.52. The minimum Gasteiger partial charge on any atom is -0.363 e. The van der Waals surface area contributed by atoms with Gasteiger partial charge in [0.05, 0.1) is 17.8 Å². The molecule has 5 aromatic rings. The number of piperazine rings is 1. The van der Waals surface area contributed by atoms with E-state index in [9.17, 15) is 27.6 Å². The van der Waals surface area contributed by atoms with E-state index in [0.717, 1.165) is 48.1 Å². The van der Waals surface area contributed by atoms with Crippen molar-refractivity contribution in [1.29, 1.82) is 0 Å². The third kappa shape index (κ3) is 9.16. The first kappa shape index (κ1) is 44.2. The molecule has 3 aromatic heterocycles. The molecule has 0 radical (unpaired) electrons. The number of anilines is 3. The molecule has 6 heterocycles. The number of carbonyl (C=O) groups is 4. The van der Waals surface area contributed by atoms with Gasteiger partial charge in [-0.2, -0.15) is 12.7 Å². The Balaban J connectivity index is 0.836. The largest absolute Gasteiger partial charge is 0.363 e. The number of halogens is 2. The van der Waals surface area contributed by atoms with Crippen LogP contribution in [0.3, 0.4) is 0 Å². The van der Waals surface area contributed by atoms with E-state index in [1.165, 1.54) is 18.8 Å². The summed E-state index contributed by atoms with van der Waals surface area (Å²) in [6, 6.07) is 11.3. The van der Waals surface area contributed by atoms with Crippen LogP contribution in [0.25, 0.3) is 22.2 Å². The van der Waals surface area contributed by atoms with E-state index in [1.54, 1.807) is 31.6 Å². The molecule has 3 aliphatic rings. The topological polar surface area (TPSA) is 197 Å². The Bertz CT molecular complexity index is 2680. The first-order valence-electron chi connectivity index (χ1n) is 21.2. The van der Waals surface area contributed by atoms with E-state index in [2.05, 4.69) is 47.0 Å². The first-order chi connectivity index (χ1) is 30.7. The smallest absolute Gasteiger partial charge is 0.301 e. The summed E-state index contributed by atoms with van der Waals surface area (Å²) in [5.74, 6) is -3.04. The van der Waals surface area contributed by atoms with Crippen LogP contribution in [-0.2, 0) is 24.6 Å². The van der Waals surface area contributed by atoms with E-state index in [0.29, 0.717) is 74.2 Å². The molecule has 3 amide bonds. The van der Waals surface area contributed by atoms with Gasteiger partial charge in [0.2, 0.25) is 29.5 Å². The molecule has 0 bridgehead atoms. The van der Waals surface area contributed by atoms with Crippen LogP contribution in [0.2, 0.25) is 0 Å². The van der Waals surface area contributed by atoms with Gasteiger partial charge in [-0.05, 0) is 74.2 Å². The Kier molecular flexibility index (Phi) is 12.7. The fraction of sp³-hybridized carbons (Fsp3) is 0.386. The molecule has 17 nitrogen and oxygen atoms in total. The van der Waals surface area contributed by atoms with Gasteiger partial charge in [0.25, 0.3) is 0 Å². The number of pyridine rings is 1. The number of likely N-dealkylation sites (N-methyl/N-ethyl adjacent to an activating group) is 1. The zero-order valence-electron chi connectivity index (χ0n) is 35.7. The maximum atomic E-state index is 15.6. The summed E-state index contributed by atoms with van der Waals surface area (Å²) < 4.78 is 58.7. The molecule has 64 heavy (non-hydrogen) atoms. The summed E-state index contributed by atoms with van der Waals surface area (Å²) in [6.45, 7) is 5.82. The molecular formula is C44H49F2N11O6S. The van der Waals surface area contributed by atoms with Gasteiger partial charge in [0, 0.05) is 106 Å². The standard InChI is InChI=1S/C44H49F2N11O6S/c1-4-53(2)64(62,63)52-35-10-9-34(45)39(40(35)46)41(60)33-25-48-42-32(33)21-29(22-47-42)30-23-49-44(50-24-30)57-19-17-56(18-20-57)38(59)26-55-15-13-28(14-16-55)27-5-7-31(8-6-27)54(3)36-11-12-37(58)51-43(36)61/h5-10,21-25,28,36,52H,4,11-20,26H2,1-3H3,(H,47,48)(H,51,58,61). The van der Waals surface area contributed by atoms with Gasteiger partial charge in [-0.25, -0.2) is 23.7 Å². The number of hydrogen-bond acceptors (Lipinski definition) is 12. The summed E-state index contributed by atoms with van der Waals surface area (Å²) in [5, 5.41) is 2.71. The van der Waals surface area contributed by atoms with Crippen LogP contribution in [-0.4, -0.2) is 138 Å². The minimum absolute atomic E-state index is 0.0668. The molecule has 8 rings (SSSR count). The number of aromatic nitrogens is 4. The van der Waals surface area contributed by atoms with Crippen LogP contribution in [0.5, 0.6) is 0 Å². The van der Waals surface area contributed by atoms with Gasteiger partial charge in [-0.3, -0.25) is 34.1 Å². The van der Waals surface area contributed by atoms with Crippen molar-refractivity contribution in [1.82, 2.24) is 39.4 Å². The van der Waals surface area contributed by atoms with Crippen molar-refractivity contribution >= 4 is 62.1 Å². The summed E-state index contributed by atoms with van der Waals surface area (Å²) in [6.07, 6.45) is 8.80. The molecule has 3 saturated heterocycles. The number of benzene rings is 2. The van der Waals surface area contributed by atoms with Gasteiger partial charge in [-0.15, -0.1) is 0 Å². The van der Waals surface area contributed by atoms with Crippen LogP contribution in [0.4, 0.5) is 26.1 Å². The lowest BCUT2D eigenvalue weighted by Gasteiger charge is -2.37. The van der Waals surface area contributed by atoms with Gasteiger partial charge >= 0.3 is 10.2 Å². The Morgan fingerprint density at radius 2 is 1.58 bits per heavy atom. The number of amides is 3. The third-order valence-corrected chi connectivity index (χ3v) is 14.0. The maximum absolute atomic E-state index is 15.6. The van der Waals surface area contributed by atoms with E-state index >= 15 is 8.78 Å². The van der Waals surface area contributed by atoms with Crippen molar-refractivity contribution in [3.05, 3.63) is 95.6 Å². The van der Waals surface area contributed by atoms with E-state index in [-0.39, 0.29) is 41.3 Å². The van der Waals surface area contributed by atoms with Crippen molar-refractivity contribution < 1.29 is 36.4 Å². The summed E-state index contributed by atoms with van der Waals surface area (Å²) >= 11 is 0. The van der Waals surface area contributed by atoms with Crippen LogP contribution in [0.1, 0.15) is 60.0 Å². The number of aromatic amines is 1. The predicted octanol–water partition coefficient (Wildman–Crippen LogP) is 3.91. The first-order valence-corrected chi connectivity index (χ1v) is 22.6. The summed E-state index contributed by atoms with van der Waals surface area (Å²) in [4.78, 5) is 75.4. The molecule has 20 heteroatoms. The average molecular weight is 898 g/mol. The second kappa shape index (κ2) is 18.4.